The van der Waals surface area contributed by atoms with E-state index in [-0.39, 0.29) is 23.5 Å². The maximum Gasteiger partial charge on any atom is 0.254 e. The van der Waals surface area contributed by atoms with Gasteiger partial charge in [-0.15, -0.1) is 0 Å². The number of rotatable bonds is 5. The third kappa shape index (κ3) is 5.55. The smallest absolute Gasteiger partial charge is 0.254 e. The molecule has 1 aromatic heterocycles. The Morgan fingerprint density at radius 1 is 0.909 bits per heavy atom. The summed E-state index contributed by atoms with van der Waals surface area (Å²) in [5.41, 5.74) is 5.17. The molecule has 0 spiro atoms. The first kappa shape index (κ1) is 22.9. The number of ketones is 1. The molecule has 1 aliphatic rings. The summed E-state index contributed by atoms with van der Waals surface area (Å²) in [6.07, 6.45) is 1.95. The summed E-state index contributed by atoms with van der Waals surface area (Å²) >= 11 is 0. The zero-order valence-corrected chi connectivity index (χ0v) is 19.5. The van der Waals surface area contributed by atoms with Crippen LogP contribution < -0.4 is 0 Å². The SMILES string of the molecule is CC(C)(C)c1ccc(C(=O)Cc2cc(-c3cccc(C(=O)N4CCOCC4)c3)ccn2)cc1. The minimum atomic E-state index is 0.0170. The van der Waals surface area contributed by atoms with Crippen molar-refractivity contribution >= 4 is 11.7 Å². The molecule has 1 fully saturated rings. The number of carbonyl (C=O) groups excluding carboxylic acids is 2. The van der Waals surface area contributed by atoms with E-state index in [1.807, 2.05) is 65.6 Å². The van der Waals surface area contributed by atoms with E-state index in [2.05, 4.69) is 25.8 Å². The zero-order valence-electron chi connectivity index (χ0n) is 19.5. The van der Waals surface area contributed by atoms with Crippen molar-refractivity contribution in [1.29, 1.82) is 0 Å². The lowest BCUT2D eigenvalue weighted by atomic mass is 9.86. The molecular formula is C28H30N2O3. The quantitative estimate of drug-likeness (QED) is 0.525. The van der Waals surface area contributed by atoms with Crippen LogP contribution >= 0.6 is 0 Å². The van der Waals surface area contributed by atoms with Crippen LogP contribution in [0.2, 0.25) is 0 Å². The number of carbonyl (C=O) groups is 2. The van der Waals surface area contributed by atoms with Gasteiger partial charge in [-0.25, -0.2) is 0 Å². The second-order valence-corrected chi connectivity index (χ2v) is 9.45. The highest BCUT2D eigenvalue weighted by atomic mass is 16.5. The van der Waals surface area contributed by atoms with E-state index < -0.39 is 0 Å². The number of hydrogen-bond acceptors (Lipinski definition) is 4. The molecule has 0 bridgehead atoms. The summed E-state index contributed by atoms with van der Waals surface area (Å²) in [4.78, 5) is 31.9. The number of hydrogen-bond donors (Lipinski definition) is 0. The van der Waals surface area contributed by atoms with Crippen molar-refractivity contribution in [3.05, 3.63) is 89.2 Å². The summed E-state index contributed by atoms with van der Waals surface area (Å²) in [6, 6.07) is 19.3. The normalized spacial score (nSPS) is 14.2. The maximum atomic E-state index is 12.9. The zero-order chi connectivity index (χ0) is 23.4. The molecule has 0 saturated carbocycles. The molecule has 1 aliphatic heterocycles. The fourth-order valence-corrected chi connectivity index (χ4v) is 3.96. The van der Waals surface area contributed by atoms with Gasteiger partial charge < -0.3 is 9.64 Å². The number of ether oxygens (including phenoxy) is 1. The highest BCUT2D eigenvalue weighted by Crippen LogP contribution is 2.24. The minimum absolute atomic E-state index is 0.0170. The van der Waals surface area contributed by atoms with E-state index in [9.17, 15) is 9.59 Å². The summed E-state index contributed by atoms with van der Waals surface area (Å²) in [6.45, 7) is 8.84. The third-order valence-corrected chi connectivity index (χ3v) is 5.97. The highest BCUT2D eigenvalue weighted by Gasteiger charge is 2.19. The summed E-state index contributed by atoms with van der Waals surface area (Å²) in [7, 11) is 0. The molecule has 0 unspecified atom stereocenters. The van der Waals surface area contributed by atoms with Crippen molar-refractivity contribution in [2.24, 2.45) is 0 Å². The molecule has 1 saturated heterocycles. The standard InChI is InChI=1S/C28H30N2O3/c1-28(2,3)24-9-7-20(8-10-24)26(31)19-25-18-22(11-12-29-25)21-5-4-6-23(17-21)27(32)30-13-15-33-16-14-30/h4-12,17-18H,13-16,19H2,1-3H3. The van der Waals surface area contributed by atoms with E-state index in [1.54, 1.807) is 6.20 Å². The van der Waals surface area contributed by atoms with Crippen LogP contribution in [0.4, 0.5) is 0 Å². The van der Waals surface area contributed by atoms with E-state index in [0.717, 1.165) is 11.1 Å². The number of amides is 1. The largest absolute Gasteiger partial charge is 0.378 e. The van der Waals surface area contributed by atoms with Crippen LogP contribution in [0.1, 0.15) is 52.7 Å². The molecule has 2 aromatic carbocycles. The average molecular weight is 443 g/mol. The lowest BCUT2D eigenvalue weighted by Gasteiger charge is -2.27. The van der Waals surface area contributed by atoms with E-state index in [1.165, 1.54) is 5.56 Å². The molecule has 5 heteroatoms. The predicted molar refractivity (Wildman–Crippen MR) is 130 cm³/mol. The molecule has 5 nitrogen and oxygen atoms in total. The minimum Gasteiger partial charge on any atom is -0.378 e. The first-order valence-electron chi connectivity index (χ1n) is 11.4. The number of Topliss-reactive ketones (excluding diaryl/α,β-unsaturated/α-hetero) is 1. The lowest BCUT2D eigenvalue weighted by molar-refractivity contribution is 0.0303. The fourth-order valence-electron chi connectivity index (χ4n) is 3.96. The van der Waals surface area contributed by atoms with Gasteiger partial charge in [-0.1, -0.05) is 57.2 Å². The average Bonchev–Trinajstić information content (AvgIpc) is 2.84. The molecule has 33 heavy (non-hydrogen) atoms. The van der Waals surface area contributed by atoms with Gasteiger partial charge in [-0.2, -0.15) is 0 Å². The van der Waals surface area contributed by atoms with Gasteiger partial charge in [0.15, 0.2) is 5.78 Å². The monoisotopic (exact) mass is 442 g/mol. The molecule has 170 valence electrons. The van der Waals surface area contributed by atoms with Gasteiger partial charge in [0.05, 0.1) is 19.6 Å². The maximum absolute atomic E-state index is 12.9. The number of benzene rings is 2. The molecular weight excluding hydrogens is 412 g/mol. The number of morpholine rings is 1. The van der Waals surface area contributed by atoms with Crippen molar-refractivity contribution in [3.63, 3.8) is 0 Å². The van der Waals surface area contributed by atoms with Crippen LogP contribution in [-0.4, -0.2) is 47.9 Å². The van der Waals surface area contributed by atoms with Gasteiger partial charge in [0.2, 0.25) is 0 Å². The Kier molecular flexibility index (Phi) is 6.70. The van der Waals surface area contributed by atoms with Gasteiger partial charge in [0.1, 0.15) is 0 Å². The predicted octanol–water partition coefficient (Wildman–Crippen LogP) is 4.94. The van der Waals surface area contributed by atoms with Crippen molar-refractivity contribution in [2.75, 3.05) is 26.3 Å². The van der Waals surface area contributed by atoms with Crippen LogP contribution in [0.5, 0.6) is 0 Å². The Balaban J connectivity index is 1.50. The lowest BCUT2D eigenvalue weighted by Crippen LogP contribution is -2.40. The molecule has 0 aliphatic carbocycles. The van der Waals surface area contributed by atoms with Crippen molar-refractivity contribution in [3.8, 4) is 11.1 Å². The van der Waals surface area contributed by atoms with E-state index in [0.29, 0.717) is 43.1 Å². The molecule has 3 aromatic rings. The van der Waals surface area contributed by atoms with Crippen LogP contribution in [0.3, 0.4) is 0 Å². The van der Waals surface area contributed by atoms with Crippen molar-refractivity contribution in [1.82, 2.24) is 9.88 Å². The summed E-state index contributed by atoms with van der Waals surface area (Å²) in [5.74, 6) is 0.0552. The van der Waals surface area contributed by atoms with Gasteiger partial charge in [0, 0.05) is 36.1 Å². The summed E-state index contributed by atoms with van der Waals surface area (Å²) < 4.78 is 5.35. The fraction of sp³-hybridized carbons (Fsp3) is 0.321. The van der Waals surface area contributed by atoms with Gasteiger partial charge in [-0.05, 0) is 46.4 Å². The highest BCUT2D eigenvalue weighted by molar-refractivity contribution is 5.97. The molecule has 0 atom stereocenters. The Morgan fingerprint density at radius 3 is 2.30 bits per heavy atom. The molecule has 0 radical (unpaired) electrons. The second kappa shape index (κ2) is 9.67. The van der Waals surface area contributed by atoms with E-state index in [4.69, 9.17) is 4.74 Å². The first-order chi connectivity index (χ1) is 15.8. The summed E-state index contributed by atoms with van der Waals surface area (Å²) in [5, 5.41) is 0. The van der Waals surface area contributed by atoms with Crippen LogP contribution in [0.25, 0.3) is 11.1 Å². The van der Waals surface area contributed by atoms with Gasteiger partial charge >= 0.3 is 0 Å². The van der Waals surface area contributed by atoms with Crippen molar-refractivity contribution in [2.45, 2.75) is 32.6 Å². The molecule has 1 amide bonds. The second-order valence-electron chi connectivity index (χ2n) is 9.45. The topological polar surface area (TPSA) is 59.5 Å². The Bertz CT molecular complexity index is 1140. The molecule has 2 heterocycles. The van der Waals surface area contributed by atoms with Crippen LogP contribution in [0.15, 0.2) is 66.9 Å². The van der Waals surface area contributed by atoms with Crippen LogP contribution in [-0.2, 0) is 16.6 Å². The molecule has 4 rings (SSSR count). The number of pyridine rings is 1. The van der Waals surface area contributed by atoms with Gasteiger partial charge in [-0.3, -0.25) is 14.6 Å². The van der Waals surface area contributed by atoms with Crippen LogP contribution in [0, 0.1) is 0 Å². The first-order valence-corrected chi connectivity index (χ1v) is 11.4. The molecule has 0 N–H and O–H groups in total. The Labute approximate surface area is 195 Å². The Hall–Kier alpha value is -3.31. The van der Waals surface area contributed by atoms with E-state index >= 15 is 0 Å². The Morgan fingerprint density at radius 2 is 1.61 bits per heavy atom. The number of nitrogens with zero attached hydrogens (tertiary/aromatic N) is 2. The number of aromatic nitrogens is 1. The van der Waals surface area contributed by atoms with Crippen molar-refractivity contribution < 1.29 is 14.3 Å². The van der Waals surface area contributed by atoms with Gasteiger partial charge in [0.25, 0.3) is 5.91 Å². The third-order valence-electron chi connectivity index (χ3n) is 5.97.